The second kappa shape index (κ2) is 9.43. The maximum Gasteiger partial charge on any atom is 0.244 e. The first kappa shape index (κ1) is 22.5. The molecule has 0 fully saturated rings. The van der Waals surface area contributed by atoms with Gasteiger partial charge in [0.25, 0.3) is 0 Å². The van der Waals surface area contributed by atoms with Crippen molar-refractivity contribution in [2.75, 3.05) is 12.4 Å². The van der Waals surface area contributed by atoms with E-state index < -0.39 is 10.0 Å². The molecule has 0 bridgehead atoms. The number of imidazole rings is 1. The van der Waals surface area contributed by atoms with Crippen molar-refractivity contribution in [3.05, 3.63) is 84.2 Å². The lowest BCUT2D eigenvalue weighted by atomic mass is 10.2. The number of hydrogen-bond donors (Lipinski definition) is 2. The van der Waals surface area contributed by atoms with Crippen LogP contribution in [0.3, 0.4) is 0 Å². The summed E-state index contributed by atoms with van der Waals surface area (Å²) >= 11 is 0. The number of fused-ring (bicyclic) bond motifs is 1. The maximum absolute atomic E-state index is 12.9. The highest BCUT2D eigenvalue weighted by atomic mass is 32.2. The minimum absolute atomic E-state index is 0.00398. The van der Waals surface area contributed by atoms with Crippen LogP contribution in [0, 0.1) is 6.92 Å². The van der Waals surface area contributed by atoms with E-state index in [0.29, 0.717) is 22.8 Å². The number of carbonyl (C=O) groups excluding carboxylic acids is 1. The topological polar surface area (TPSA) is 102 Å². The number of sulfonamides is 1. The van der Waals surface area contributed by atoms with E-state index in [0.717, 1.165) is 11.0 Å². The van der Waals surface area contributed by atoms with Gasteiger partial charge >= 0.3 is 0 Å². The lowest BCUT2D eigenvalue weighted by Gasteiger charge is -2.13. The van der Waals surface area contributed by atoms with E-state index in [2.05, 4.69) is 15.0 Å². The van der Waals surface area contributed by atoms with Crippen molar-refractivity contribution >= 4 is 32.7 Å². The molecule has 170 valence electrons. The van der Waals surface area contributed by atoms with E-state index in [1.807, 2.05) is 54.6 Å². The fourth-order valence-electron chi connectivity index (χ4n) is 3.50. The van der Waals surface area contributed by atoms with Crippen LogP contribution in [-0.2, 0) is 28.0 Å². The molecule has 4 rings (SSSR count). The molecule has 0 unspecified atom stereocenters. The number of benzene rings is 3. The molecular formula is C24H24N4O4S. The lowest BCUT2D eigenvalue weighted by molar-refractivity contribution is -0.116. The van der Waals surface area contributed by atoms with Gasteiger partial charge in [-0.25, -0.2) is 18.1 Å². The van der Waals surface area contributed by atoms with Gasteiger partial charge in [0.2, 0.25) is 15.9 Å². The van der Waals surface area contributed by atoms with Gasteiger partial charge in [-0.3, -0.25) is 4.79 Å². The van der Waals surface area contributed by atoms with E-state index in [1.54, 1.807) is 23.6 Å². The monoisotopic (exact) mass is 464 g/mol. The van der Waals surface area contributed by atoms with Crippen LogP contribution in [0.25, 0.3) is 11.0 Å². The zero-order chi connectivity index (χ0) is 23.4. The lowest BCUT2D eigenvalue weighted by Crippen LogP contribution is -2.22. The summed E-state index contributed by atoms with van der Waals surface area (Å²) in [4.78, 5) is 17.6. The molecule has 0 radical (unpaired) electrons. The normalized spacial score (nSPS) is 11.5. The predicted octanol–water partition coefficient (Wildman–Crippen LogP) is 3.47. The molecular weight excluding hydrogens is 440 g/mol. The highest BCUT2D eigenvalue weighted by Gasteiger charge is 2.17. The van der Waals surface area contributed by atoms with Crippen LogP contribution in [-0.4, -0.2) is 30.9 Å². The fourth-order valence-corrected chi connectivity index (χ4v) is 4.49. The van der Waals surface area contributed by atoms with Crippen molar-refractivity contribution < 1.29 is 17.9 Å². The molecule has 2 N–H and O–H groups in total. The van der Waals surface area contributed by atoms with Crippen molar-refractivity contribution in [2.24, 2.45) is 0 Å². The second-order valence-electron chi connectivity index (χ2n) is 7.44. The molecule has 0 aliphatic rings. The Hall–Kier alpha value is -3.69. The molecule has 1 aromatic heterocycles. The number of rotatable bonds is 8. The van der Waals surface area contributed by atoms with Gasteiger partial charge in [-0.05, 0) is 55.9 Å². The molecule has 0 spiro atoms. The van der Waals surface area contributed by atoms with Crippen LogP contribution in [0.15, 0.2) is 77.7 Å². The summed E-state index contributed by atoms with van der Waals surface area (Å²) in [5.41, 5.74) is 2.55. The number of hydrogen-bond acceptors (Lipinski definition) is 5. The molecule has 4 aromatic rings. The highest BCUT2D eigenvalue weighted by molar-refractivity contribution is 7.89. The third kappa shape index (κ3) is 5.05. The average molecular weight is 465 g/mol. The van der Waals surface area contributed by atoms with Gasteiger partial charge in [0, 0.05) is 5.69 Å². The van der Waals surface area contributed by atoms with Crippen LogP contribution >= 0.6 is 0 Å². The second-order valence-corrected chi connectivity index (χ2v) is 9.30. The highest BCUT2D eigenvalue weighted by Crippen LogP contribution is 2.21. The number of amides is 1. The number of ether oxygens (including phenoxy) is 1. The van der Waals surface area contributed by atoms with Crippen molar-refractivity contribution in [1.29, 1.82) is 0 Å². The molecule has 1 amide bonds. The minimum atomic E-state index is -3.64. The Labute approximate surface area is 192 Å². The van der Waals surface area contributed by atoms with Gasteiger partial charge in [-0.15, -0.1) is 0 Å². The number of nitrogens with zero attached hydrogens (tertiary/aromatic N) is 2. The summed E-state index contributed by atoms with van der Waals surface area (Å²) in [5, 5.41) is 2.79. The van der Waals surface area contributed by atoms with Gasteiger partial charge in [-0.2, -0.15) is 0 Å². The first-order chi connectivity index (χ1) is 15.9. The average Bonchev–Trinajstić information content (AvgIpc) is 3.16. The van der Waals surface area contributed by atoms with Gasteiger partial charge in [-0.1, -0.05) is 36.4 Å². The first-order valence-corrected chi connectivity index (χ1v) is 11.8. The number of anilines is 1. The molecule has 0 aliphatic heterocycles. The molecule has 33 heavy (non-hydrogen) atoms. The number of nitrogens with one attached hydrogen (secondary N) is 2. The zero-order valence-corrected chi connectivity index (χ0v) is 19.1. The largest absolute Gasteiger partial charge is 0.486 e. The summed E-state index contributed by atoms with van der Waals surface area (Å²) in [5.74, 6) is 1.01. The van der Waals surface area contributed by atoms with E-state index in [1.165, 1.54) is 13.1 Å². The number of para-hydroxylation sites is 3. The van der Waals surface area contributed by atoms with E-state index in [4.69, 9.17) is 4.74 Å². The van der Waals surface area contributed by atoms with Crippen molar-refractivity contribution in [3.8, 4) is 5.75 Å². The molecule has 1 heterocycles. The van der Waals surface area contributed by atoms with Gasteiger partial charge in [0.05, 0.1) is 15.9 Å². The fraction of sp³-hybridized carbons (Fsp3) is 0.167. The van der Waals surface area contributed by atoms with E-state index in [9.17, 15) is 13.2 Å². The Morgan fingerprint density at radius 2 is 1.76 bits per heavy atom. The predicted molar refractivity (Wildman–Crippen MR) is 127 cm³/mol. The summed E-state index contributed by atoms with van der Waals surface area (Å²) in [7, 11) is -2.29. The van der Waals surface area contributed by atoms with E-state index >= 15 is 0 Å². The summed E-state index contributed by atoms with van der Waals surface area (Å²) in [6.07, 6.45) is 0. The summed E-state index contributed by atoms with van der Waals surface area (Å²) < 4.78 is 34.4. The number of aryl methyl sites for hydroxylation is 1. The molecule has 0 saturated carbocycles. The zero-order valence-electron chi connectivity index (χ0n) is 18.3. The number of aromatic nitrogens is 2. The molecule has 3 aromatic carbocycles. The summed E-state index contributed by atoms with van der Waals surface area (Å²) in [6, 6.07) is 21.7. The Kier molecular flexibility index (Phi) is 6.43. The Balaban J connectivity index is 1.57. The van der Waals surface area contributed by atoms with Crippen molar-refractivity contribution in [2.45, 2.75) is 25.0 Å². The van der Waals surface area contributed by atoms with Crippen molar-refractivity contribution in [1.82, 2.24) is 14.3 Å². The van der Waals surface area contributed by atoms with Crippen LogP contribution in [0.1, 0.15) is 11.4 Å². The molecule has 0 aliphatic carbocycles. The van der Waals surface area contributed by atoms with Gasteiger partial charge in [0.15, 0.2) is 0 Å². The van der Waals surface area contributed by atoms with Crippen molar-refractivity contribution in [3.63, 3.8) is 0 Å². The van der Waals surface area contributed by atoms with Crippen LogP contribution < -0.4 is 14.8 Å². The third-order valence-electron chi connectivity index (χ3n) is 5.18. The smallest absolute Gasteiger partial charge is 0.244 e. The maximum atomic E-state index is 12.9. The van der Waals surface area contributed by atoms with Crippen LogP contribution in [0.2, 0.25) is 0 Å². The Bertz CT molecular complexity index is 1400. The first-order valence-electron chi connectivity index (χ1n) is 10.3. The summed E-state index contributed by atoms with van der Waals surface area (Å²) in [6.45, 7) is 1.89. The molecule has 0 saturated heterocycles. The standard InChI is InChI=1S/C24H24N4O4S/c1-17-12-13-18(14-22(17)33(30,31)25-2)26-24(29)15-28-21-11-7-6-10-20(21)27-23(28)16-32-19-8-4-3-5-9-19/h3-14,25H,15-16H2,1-2H3,(H,26,29). The molecule has 0 atom stereocenters. The third-order valence-corrected chi connectivity index (χ3v) is 6.73. The van der Waals surface area contributed by atoms with Crippen LogP contribution in [0.4, 0.5) is 5.69 Å². The van der Waals surface area contributed by atoms with Gasteiger partial charge < -0.3 is 14.6 Å². The molecule has 9 heteroatoms. The van der Waals surface area contributed by atoms with Gasteiger partial charge in [0.1, 0.15) is 24.7 Å². The van der Waals surface area contributed by atoms with Crippen LogP contribution in [0.5, 0.6) is 5.75 Å². The Morgan fingerprint density at radius 1 is 1.03 bits per heavy atom. The number of carbonyl (C=O) groups is 1. The molecule has 8 nitrogen and oxygen atoms in total. The Morgan fingerprint density at radius 3 is 2.52 bits per heavy atom. The minimum Gasteiger partial charge on any atom is -0.486 e. The van der Waals surface area contributed by atoms with E-state index in [-0.39, 0.29) is 24.0 Å². The quantitative estimate of drug-likeness (QED) is 0.416. The SMILES string of the molecule is CNS(=O)(=O)c1cc(NC(=O)Cn2c(COc3ccccc3)nc3ccccc32)ccc1C.